The van der Waals surface area contributed by atoms with Crippen molar-refractivity contribution in [1.29, 1.82) is 0 Å². The first kappa shape index (κ1) is 16.0. The van der Waals surface area contributed by atoms with Crippen molar-refractivity contribution in [2.45, 2.75) is 31.0 Å². The van der Waals surface area contributed by atoms with E-state index in [9.17, 15) is 13.2 Å². The van der Waals surface area contributed by atoms with Crippen molar-refractivity contribution in [2.24, 2.45) is 11.5 Å². The van der Waals surface area contributed by atoms with Crippen LogP contribution in [-0.4, -0.2) is 17.2 Å². The van der Waals surface area contributed by atoms with Crippen LogP contribution in [0.1, 0.15) is 29.3 Å². The molecule has 2 aromatic rings. The lowest BCUT2D eigenvalue weighted by Crippen LogP contribution is -2.36. The van der Waals surface area contributed by atoms with Crippen LogP contribution >= 0.6 is 11.3 Å². The standard InChI is InChI=1S/C16H16F3N3S/c17-16(18,19)15(21)8-11(20)12-7-10(5-6-22-12)14-4-3-13(23-14)9-1-2-9/h3-9,15H,1-2,20-21H2/b11-8-. The van der Waals surface area contributed by atoms with Gasteiger partial charge in [-0.2, -0.15) is 13.2 Å². The maximum Gasteiger partial charge on any atom is 0.407 e. The molecule has 3 rings (SSSR count). The Morgan fingerprint density at radius 3 is 2.70 bits per heavy atom. The predicted octanol–water partition coefficient (Wildman–Crippen LogP) is 3.88. The maximum absolute atomic E-state index is 12.5. The fourth-order valence-corrected chi connectivity index (χ4v) is 3.38. The summed E-state index contributed by atoms with van der Waals surface area (Å²) >= 11 is 1.70. The normalized spacial score (nSPS) is 17.3. The third kappa shape index (κ3) is 3.73. The third-order valence-electron chi connectivity index (χ3n) is 3.68. The number of thiophene rings is 1. The first-order valence-electron chi connectivity index (χ1n) is 7.20. The molecule has 0 saturated heterocycles. The number of aromatic nitrogens is 1. The lowest BCUT2D eigenvalue weighted by molar-refractivity contribution is -0.136. The first-order chi connectivity index (χ1) is 10.8. The molecular formula is C16H16F3N3S. The highest BCUT2D eigenvalue weighted by Gasteiger charge is 2.35. The van der Waals surface area contributed by atoms with E-state index < -0.39 is 12.2 Å². The summed E-state index contributed by atoms with van der Waals surface area (Å²) in [4.78, 5) is 6.45. The van der Waals surface area contributed by atoms with Crippen molar-refractivity contribution < 1.29 is 13.2 Å². The van der Waals surface area contributed by atoms with Gasteiger partial charge >= 0.3 is 6.18 Å². The van der Waals surface area contributed by atoms with Gasteiger partial charge in [0.05, 0.1) is 11.4 Å². The number of nitrogens with two attached hydrogens (primary N) is 2. The SMILES string of the molecule is N/C(=C\C(N)C(F)(F)F)c1cc(-c2ccc(C3CC3)s2)ccn1. The molecule has 0 amide bonds. The van der Waals surface area contributed by atoms with Crippen molar-refractivity contribution in [3.63, 3.8) is 0 Å². The number of nitrogens with zero attached hydrogens (tertiary/aromatic N) is 1. The number of halogens is 3. The Kier molecular flexibility index (Phi) is 4.16. The minimum atomic E-state index is -4.52. The van der Waals surface area contributed by atoms with Crippen LogP contribution in [0.3, 0.4) is 0 Å². The zero-order chi connectivity index (χ0) is 16.6. The Morgan fingerprint density at radius 2 is 2.04 bits per heavy atom. The highest BCUT2D eigenvalue weighted by atomic mass is 32.1. The summed E-state index contributed by atoms with van der Waals surface area (Å²) in [6.07, 6.45) is 0.269. The molecule has 2 heterocycles. The summed E-state index contributed by atoms with van der Waals surface area (Å²) in [7, 11) is 0. The molecule has 3 nitrogen and oxygen atoms in total. The smallest absolute Gasteiger partial charge is 0.397 e. The van der Waals surface area contributed by atoms with Crippen LogP contribution in [-0.2, 0) is 0 Å². The van der Waals surface area contributed by atoms with E-state index in [-0.39, 0.29) is 5.70 Å². The molecule has 1 aliphatic carbocycles. The zero-order valence-corrected chi connectivity index (χ0v) is 13.0. The number of rotatable bonds is 4. The zero-order valence-electron chi connectivity index (χ0n) is 12.2. The molecule has 0 radical (unpaired) electrons. The molecule has 1 unspecified atom stereocenters. The molecule has 0 spiro atoms. The van der Waals surface area contributed by atoms with Gasteiger partial charge in [0.15, 0.2) is 0 Å². The molecule has 4 N–H and O–H groups in total. The van der Waals surface area contributed by atoms with Gasteiger partial charge in [0.2, 0.25) is 0 Å². The molecule has 2 aromatic heterocycles. The molecule has 0 aliphatic heterocycles. The fourth-order valence-electron chi connectivity index (χ4n) is 2.21. The van der Waals surface area contributed by atoms with Crippen molar-refractivity contribution in [3.05, 3.63) is 47.1 Å². The molecule has 1 saturated carbocycles. The fraction of sp³-hybridized carbons (Fsp3) is 0.312. The topological polar surface area (TPSA) is 64.9 Å². The minimum absolute atomic E-state index is 0.0735. The van der Waals surface area contributed by atoms with E-state index in [0.29, 0.717) is 11.6 Å². The van der Waals surface area contributed by atoms with Gasteiger partial charge in [-0.3, -0.25) is 4.98 Å². The summed E-state index contributed by atoms with van der Waals surface area (Å²) in [6.45, 7) is 0. The van der Waals surface area contributed by atoms with E-state index in [1.807, 2.05) is 12.1 Å². The predicted molar refractivity (Wildman–Crippen MR) is 85.7 cm³/mol. The average molecular weight is 339 g/mol. The van der Waals surface area contributed by atoms with Gasteiger partial charge in [0.1, 0.15) is 6.04 Å². The largest absolute Gasteiger partial charge is 0.407 e. The summed E-state index contributed by atoms with van der Waals surface area (Å²) in [6, 6.07) is 5.55. The molecular weight excluding hydrogens is 323 g/mol. The van der Waals surface area contributed by atoms with Crippen molar-refractivity contribution in [1.82, 2.24) is 4.98 Å². The quantitative estimate of drug-likeness (QED) is 0.888. The molecule has 0 bridgehead atoms. The lowest BCUT2D eigenvalue weighted by Gasteiger charge is -2.12. The summed E-state index contributed by atoms with van der Waals surface area (Å²) < 4.78 is 37.5. The van der Waals surface area contributed by atoms with Crippen LogP contribution in [0.15, 0.2) is 36.5 Å². The molecule has 23 heavy (non-hydrogen) atoms. The van der Waals surface area contributed by atoms with Crippen LogP contribution in [0.2, 0.25) is 0 Å². The van der Waals surface area contributed by atoms with Crippen LogP contribution in [0.25, 0.3) is 16.1 Å². The van der Waals surface area contributed by atoms with E-state index in [2.05, 4.69) is 11.1 Å². The molecule has 7 heteroatoms. The van der Waals surface area contributed by atoms with Gasteiger partial charge in [-0.25, -0.2) is 0 Å². The Morgan fingerprint density at radius 1 is 1.30 bits per heavy atom. The second-order valence-corrected chi connectivity index (χ2v) is 6.71. The van der Waals surface area contributed by atoms with Crippen LogP contribution in [0.5, 0.6) is 0 Å². The second-order valence-electron chi connectivity index (χ2n) is 5.60. The van der Waals surface area contributed by atoms with Gasteiger partial charge in [0, 0.05) is 16.0 Å². The van der Waals surface area contributed by atoms with Crippen LogP contribution in [0.4, 0.5) is 13.2 Å². The van der Waals surface area contributed by atoms with Crippen molar-refractivity contribution in [3.8, 4) is 10.4 Å². The second kappa shape index (κ2) is 5.98. The van der Waals surface area contributed by atoms with E-state index in [4.69, 9.17) is 11.5 Å². The average Bonchev–Trinajstić information content (AvgIpc) is 3.23. The Balaban J connectivity index is 1.85. The lowest BCUT2D eigenvalue weighted by atomic mass is 10.1. The van der Waals surface area contributed by atoms with E-state index in [1.165, 1.54) is 17.7 Å². The summed E-state index contributed by atoms with van der Waals surface area (Å²) in [5, 5.41) is 0. The molecule has 0 aromatic carbocycles. The highest BCUT2D eigenvalue weighted by molar-refractivity contribution is 7.15. The van der Waals surface area contributed by atoms with Crippen LogP contribution in [0, 0.1) is 0 Å². The van der Waals surface area contributed by atoms with E-state index in [0.717, 1.165) is 16.5 Å². The minimum Gasteiger partial charge on any atom is -0.397 e. The number of alkyl halides is 3. The van der Waals surface area contributed by atoms with Gasteiger partial charge in [0.25, 0.3) is 0 Å². The van der Waals surface area contributed by atoms with Gasteiger partial charge in [-0.15, -0.1) is 11.3 Å². The number of pyridine rings is 1. The Bertz CT molecular complexity index is 732. The van der Waals surface area contributed by atoms with Gasteiger partial charge in [-0.05, 0) is 54.7 Å². The Hall–Kier alpha value is -1.86. The molecule has 1 aliphatic rings. The summed E-state index contributed by atoms with van der Waals surface area (Å²) in [5.74, 6) is 0.671. The monoisotopic (exact) mass is 339 g/mol. The van der Waals surface area contributed by atoms with Crippen molar-refractivity contribution >= 4 is 17.0 Å². The number of hydrogen-bond donors (Lipinski definition) is 2. The number of hydrogen-bond acceptors (Lipinski definition) is 4. The van der Waals surface area contributed by atoms with E-state index in [1.54, 1.807) is 23.6 Å². The van der Waals surface area contributed by atoms with E-state index >= 15 is 0 Å². The maximum atomic E-state index is 12.5. The molecule has 1 atom stereocenters. The van der Waals surface area contributed by atoms with Gasteiger partial charge in [-0.1, -0.05) is 0 Å². The first-order valence-corrected chi connectivity index (χ1v) is 8.02. The Labute approximate surface area is 135 Å². The highest BCUT2D eigenvalue weighted by Crippen LogP contribution is 2.45. The molecule has 1 fully saturated rings. The summed E-state index contributed by atoms with van der Waals surface area (Å²) in [5.41, 5.74) is 11.9. The molecule has 122 valence electrons. The van der Waals surface area contributed by atoms with Crippen LogP contribution < -0.4 is 11.5 Å². The van der Waals surface area contributed by atoms with Gasteiger partial charge < -0.3 is 11.5 Å². The third-order valence-corrected chi connectivity index (χ3v) is 4.98. The van der Waals surface area contributed by atoms with Crippen molar-refractivity contribution in [2.75, 3.05) is 0 Å².